The number of nitrogens with one attached hydrogen (secondary N) is 1. The highest BCUT2D eigenvalue weighted by molar-refractivity contribution is 5.24. The van der Waals surface area contributed by atoms with Gasteiger partial charge in [0.2, 0.25) is 0 Å². The van der Waals surface area contributed by atoms with Gasteiger partial charge >= 0.3 is 0 Å². The van der Waals surface area contributed by atoms with Crippen LogP contribution in [0.25, 0.3) is 0 Å². The van der Waals surface area contributed by atoms with E-state index in [4.69, 9.17) is 0 Å². The molecule has 2 atom stereocenters. The van der Waals surface area contributed by atoms with Crippen LogP contribution in [0.15, 0.2) is 24.3 Å². The maximum atomic E-state index is 3.80. The van der Waals surface area contributed by atoms with E-state index in [9.17, 15) is 0 Å². The van der Waals surface area contributed by atoms with E-state index < -0.39 is 0 Å². The second-order valence-corrected chi connectivity index (χ2v) is 5.43. The molecule has 0 spiro atoms. The van der Waals surface area contributed by atoms with Crippen LogP contribution >= 0.6 is 0 Å². The summed E-state index contributed by atoms with van der Waals surface area (Å²) in [6.45, 7) is 8.99. The Hall–Kier alpha value is -0.820. The molecule has 1 aromatic carbocycles. The van der Waals surface area contributed by atoms with Gasteiger partial charge in [-0.05, 0) is 32.3 Å². The normalized spacial score (nSPS) is 14.4. The van der Waals surface area contributed by atoms with Gasteiger partial charge in [0.1, 0.15) is 0 Å². The number of benzene rings is 1. The van der Waals surface area contributed by atoms with Gasteiger partial charge in [0.05, 0.1) is 0 Å². The Kier molecular flexibility index (Phi) is 7.04. The van der Waals surface area contributed by atoms with Crippen LogP contribution in [0.5, 0.6) is 0 Å². The number of rotatable bonds is 8. The third kappa shape index (κ3) is 5.22. The van der Waals surface area contributed by atoms with Crippen molar-refractivity contribution < 1.29 is 0 Å². The van der Waals surface area contributed by atoms with Crippen molar-refractivity contribution >= 4 is 0 Å². The van der Waals surface area contributed by atoms with Crippen LogP contribution in [0.1, 0.15) is 70.0 Å². The zero-order valence-corrected chi connectivity index (χ0v) is 12.5. The number of hydrogen-bond acceptors (Lipinski definition) is 1. The number of hydrogen-bond donors (Lipinski definition) is 1. The van der Waals surface area contributed by atoms with E-state index in [2.05, 4.69) is 57.3 Å². The van der Waals surface area contributed by atoms with E-state index in [1.807, 2.05) is 0 Å². The largest absolute Gasteiger partial charge is 0.307 e. The predicted molar refractivity (Wildman–Crippen MR) is 81.0 cm³/mol. The van der Waals surface area contributed by atoms with Crippen LogP contribution in [0.2, 0.25) is 0 Å². The van der Waals surface area contributed by atoms with Gasteiger partial charge in [0.25, 0.3) is 0 Å². The first-order chi connectivity index (χ1) is 8.67. The summed E-state index contributed by atoms with van der Waals surface area (Å²) >= 11 is 0. The highest BCUT2D eigenvalue weighted by Gasteiger charge is 2.12. The van der Waals surface area contributed by atoms with E-state index in [0.717, 1.165) is 0 Å². The fourth-order valence-electron chi connectivity index (χ4n) is 2.50. The van der Waals surface area contributed by atoms with E-state index in [1.54, 1.807) is 0 Å². The molecule has 1 rings (SSSR count). The molecule has 1 aromatic rings. The molecule has 0 radical (unpaired) electrons. The maximum absolute atomic E-state index is 3.80. The van der Waals surface area contributed by atoms with Gasteiger partial charge in [-0.25, -0.2) is 0 Å². The molecule has 18 heavy (non-hydrogen) atoms. The summed E-state index contributed by atoms with van der Waals surface area (Å²) in [5, 5.41) is 3.80. The number of aryl methyl sites for hydroxylation is 1. The average molecular weight is 247 g/mol. The molecule has 1 heteroatoms. The van der Waals surface area contributed by atoms with Crippen molar-refractivity contribution in [2.24, 2.45) is 0 Å². The van der Waals surface area contributed by atoms with Crippen LogP contribution in [0.3, 0.4) is 0 Å². The molecule has 0 fully saturated rings. The molecule has 1 nitrogen and oxygen atoms in total. The van der Waals surface area contributed by atoms with Crippen molar-refractivity contribution in [3.8, 4) is 0 Å². The zero-order chi connectivity index (χ0) is 13.4. The molecule has 0 saturated carbocycles. The lowest BCUT2D eigenvalue weighted by molar-refractivity contribution is 0.396. The van der Waals surface area contributed by atoms with E-state index in [-0.39, 0.29) is 0 Å². The summed E-state index contributed by atoms with van der Waals surface area (Å²) in [6, 6.07) is 9.97. The fourth-order valence-corrected chi connectivity index (χ4v) is 2.50. The Morgan fingerprint density at radius 1 is 1.11 bits per heavy atom. The second kappa shape index (κ2) is 8.31. The third-order valence-corrected chi connectivity index (χ3v) is 3.57. The molecule has 0 amide bonds. The lowest BCUT2D eigenvalue weighted by Crippen LogP contribution is -2.31. The Balaban J connectivity index is 2.56. The zero-order valence-electron chi connectivity index (χ0n) is 12.5. The molecule has 0 aliphatic carbocycles. The van der Waals surface area contributed by atoms with Crippen LogP contribution in [-0.2, 0) is 0 Å². The molecule has 0 heterocycles. The SMILES string of the molecule is CCCCC(CCC)NC(C)c1cccc(C)c1. The van der Waals surface area contributed by atoms with E-state index in [0.29, 0.717) is 12.1 Å². The molecule has 1 N–H and O–H groups in total. The summed E-state index contributed by atoms with van der Waals surface area (Å²) in [5.74, 6) is 0. The lowest BCUT2D eigenvalue weighted by Gasteiger charge is -2.23. The monoisotopic (exact) mass is 247 g/mol. The third-order valence-electron chi connectivity index (χ3n) is 3.57. The first-order valence-electron chi connectivity index (χ1n) is 7.50. The lowest BCUT2D eigenvalue weighted by atomic mass is 10.0. The Morgan fingerprint density at radius 3 is 2.50 bits per heavy atom. The van der Waals surface area contributed by atoms with Crippen LogP contribution in [0, 0.1) is 6.92 Å². The summed E-state index contributed by atoms with van der Waals surface area (Å²) < 4.78 is 0. The topological polar surface area (TPSA) is 12.0 Å². The predicted octanol–water partition coefficient (Wildman–Crippen LogP) is 5.00. The van der Waals surface area contributed by atoms with Crippen molar-refractivity contribution in [1.82, 2.24) is 5.32 Å². The molecule has 2 unspecified atom stereocenters. The Labute approximate surface area is 113 Å². The molecule has 0 bridgehead atoms. The molecule has 0 saturated heterocycles. The molecule has 0 aromatic heterocycles. The first kappa shape index (κ1) is 15.2. The quantitative estimate of drug-likeness (QED) is 0.681. The standard InChI is InChI=1S/C17H29N/c1-5-7-12-17(9-6-2)18-15(4)16-11-8-10-14(3)13-16/h8,10-11,13,15,17-18H,5-7,9,12H2,1-4H3. The molecule has 0 aliphatic rings. The fraction of sp³-hybridized carbons (Fsp3) is 0.647. The van der Waals surface area contributed by atoms with Crippen molar-refractivity contribution in [1.29, 1.82) is 0 Å². The van der Waals surface area contributed by atoms with Gasteiger partial charge in [-0.3, -0.25) is 0 Å². The highest BCUT2D eigenvalue weighted by Crippen LogP contribution is 2.17. The molecule has 0 aliphatic heterocycles. The summed E-state index contributed by atoms with van der Waals surface area (Å²) in [6.07, 6.45) is 6.48. The van der Waals surface area contributed by atoms with Crippen LogP contribution < -0.4 is 5.32 Å². The van der Waals surface area contributed by atoms with Crippen molar-refractivity contribution in [2.75, 3.05) is 0 Å². The highest BCUT2D eigenvalue weighted by atomic mass is 14.9. The average Bonchev–Trinajstić information content (AvgIpc) is 2.36. The molecular formula is C17H29N. The van der Waals surface area contributed by atoms with Gasteiger partial charge in [0.15, 0.2) is 0 Å². The van der Waals surface area contributed by atoms with Crippen molar-refractivity contribution in [2.45, 2.75) is 71.9 Å². The van der Waals surface area contributed by atoms with E-state index >= 15 is 0 Å². The van der Waals surface area contributed by atoms with Gasteiger partial charge in [0, 0.05) is 12.1 Å². The molecular weight excluding hydrogens is 218 g/mol. The minimum absolute atomic E-state index is 0.457. The van der Waals surface area contributed by atoms with E-state index in [1.165, 1.54) is 43.2 Å². The summed E-state index contributed by atoms with van der Waals surface area (Å²) in [7, 11) is 0. The molecule has 102 valence electrons. The second-order valence-electron chi connectivity index (χ2n) is 5.43. The van der Waals surface area contributed by atoms with Crippen molar-refractivity contribution in [3.63, 3.8) is 0 Å². The number of unbranched alkanes of at least 4 members (excludes halogenated alkanes) is 1. The van der Waals surface area contributed by atoms with Gasteiger partial charge < -0.3 is 5.32 Å². The minimum atomic E-state index is 0.457. The summed E-state index contributed by atoms with van der Waals surface area (Å²) in [4.78, 5) is 0. The van der Waals surface area contributed by atoms with Gasteiger partial charge in [-0.1, -0.05) is 62.9 Å². The maximum Gasteiger partial charge on any atom is 0.0294 e. The van der Waals surface area contributed by atoms with Crippen LogP contribution in [0.4, 0.5) is 0 Å². The van der Waals surface area contributed by atoms with Gasteiger partial charge in [-0.2, -0.15) is 0 Å². The van der Waals surface area contributed by atoms with Crippen molar-refractivity contribution in [3.05, 3.63) is 35.4 Å². The minimum Gasteiger partial charge on any atom is -0.307 e. The van der Waals surface area contributed by atoms with Crippen LogP contribution in [-0.4, -0.2) is 6.04 Å². The Bertz CT molecular complexity index is 332. The van der Waals surface area contributed by atoms with Gasteiger partial charge in [-0.15, -0.1) is 0 Å². The first-order valence-corrected chi connectivity index (χ1v) is 7.50. The smallest absolute Gasteiger partial charge is 0.0294 e. The Morgan fingerprint density at radius 2 is 1.89 bits per heavy atom. The summed E-state index contributed by atoms with van der Waals surface area (Å²) in [5.41, 5.74) is 2.76.